The van der Waals surface area contributed by atoms with Gasteiger partial charge in [-0.15, -0.1) is 0 Å². The van der Waals surface area contributed by atoms with Gasteiger partial charge in [-0.3, -0.25) is 0 Å². The molecule has 4 heteroatoms. The van der Waals surface area contributed by atoms with Crippen molar-refractivity contribution in [3.05, 3.63) is 0 Å². The van der Waals surface area contributed by atoms with E-state index in [1.165, 1.54) is 12.8 Å². The summed E-state index contributed by atoms with van der Waals surface area (Å²) < 4.78 is 23.6. The molecule has 0 radical (unpaired) electrons. The average Bonchev–Trinajstić information content (AvgIpc) is 2.66. The first-order valence-corrected chi connectivity index (χ1v) is 7.73. The van der Waals surface area contributed by atoms with E-state index in [9.17, 15) is 8.42 Å². The molecule has 0 amide bonds. The van der Waals surface area contributed by atoms with Crippen molar-refractivity contribution in [1.82, 2.24) is 5.32 Å². The summed E-state index contributed by atoms with van der Waals surface area (Å²) in [6.45, 7) is 2.02. The Balaban J connectivity index is 2.31. The van der Waals surface area contributed by atoms with Gasteiger partial charge in [0, 0.05) is 6.04 Å². The second kappa shape index (κ2) is 5.85. The third-order valence-electron chi connectivity index (χ3n) is 3.32. The largest absolute Gasteiger partial charge is 0.317 e. The molecule has 0 spiro atoms. The molecule has 1 atom stereocenters. The second-order valence-electron chi connectivity index (χ2n) is 4.74. The maximum atomic E-state index is 11.8. The molecule has 0 saturated heterocycles. The molecule has 0 bridgehead atoms. The highest BCUT2D eigenvalue weighted by Crippen LogP contribution is 2.26. The van der Waals surface area contributed by atoms with Crippen molar-refractivity contribution < 1.29 is 8.42 Å². The van der Waals surface area contributed by atoms with Crippen molar-refractivity contribution in [2.75, 3.05) is 18.6 Å². The summed E-state index contributed by atoms with van der Waals surface area (Å²) in [6, 6.07) is 0.295. The van der Waals surface area contributed by atoms with Crippen LogP contribution in [0, 0.1) is 5.92 Å². The lowest BCUT2D eigenvalue weighted by Crippen LogP contribution is -2.26. The van der Waals surface area contributed by atoms with Crippen molar-refractivity contribution in [2.24, 2.45) is 5.92 Å². The zero-order valence-corrected chi connectivity index (χ0v) is 10.6. The molecule has 0 aromatic rings. The van der Waals surface area contributed by atoms with Gasteiger partial charge in [-0.05, 0) is 39.2 Å². The van der Waals surface area contributed by atoms with Gasteiger partial charge in [-0.1, -0.05) is 12.8 Å². The molecule has 1 N–H and O–H groups in total. The maximum Gasteiger partial charge on any atom is 0.150 e. The fourth-order valence-corrected chi connectivity index (χ4v) is 4.05. The summed E-state index contributed by atoms with van der Waals surface area (Å²) in [7, 11) is -0.941. The molecule has 1 aliphatic rings. The minimum atomic E-state index is -2.81. The van der Waals surface area contributed by atoms with E-state index in [1.807, 2.05) is 14.0 Å². The molecule has 1 saturated carbocycles. The van der Waals surface area contributed by atoms with Gasteiger partial charge in [-0.25, -0.2) is 8.42 Å². The molecular weight excluding hydrogens is 210 g/mol. The Bertz CT molecular complexity index is 268. The van der Waals surface area contributed by atoms with Crippen LogP contribution >= 0.6 is 0 Å². The van der Waals surface area contributed by atoms with E-state index < -0.39 is 9.84 Å². The number of nitrogens with one attached hydrogen (secondary N) is 1. The van der Waals surface area contributed by atoms with Crippen LogP contribution in [0.1, 0.15) is 39.0 Å². The summed E-state index contributed by atoms with van der Waals surface area (Å²) in [5.41, 5.74) is 0. The molecule has 1 aliphatic carbocycles. The van der Waals surface area contributed by atoms with Crippen molar-refractivity contribution in [3.8, 4) is 0 Å². The molecular formula is C11H23NO2S. The third kappa shape index (κ3) is 4.98. The number of rotatable bonds is 6. The van der Waals surface area contributed by atoms with Crippen LogP contribution in [-0.4, -0.2) is 33.0 Å². The van der Waals surface area contributed by atoms with E-state index >= 15 is 0 Å². The summed E-state index contributed by atoms with van der Waals surface area (Å²) >= 11 is 0. The highest BCUT2D eigenvalue weighted by molar-refractivity contribution is 7.91. The molecule has 90 valence electrons. The van der Waals surface area contributed by atoms with Crippen LogP contribution in [0.3, 0.4) is 0 Å². The number of hydrogen-bond donors (Lipinski definition) is 1. The Hall–Kier alpha value is -0.0900. The molecule has 3 nitrogen and oxygen atoms in total. The zero-order chi connectivity index (χ0) is 11.3. The van der Waals surface area contributed by atoms with Gasteiger partial charge in [0.25, 0.3) is 0 Å². The van der Waals surface area contributed by atoms with Crippen LogP contribution in [0.25, 0.3) is 0 Å². The highest BCUT2D eigenvalue weighted by Gasteiger charge is 2.22. The molecule has 0 aliphatic heterocycles. The van der Waals surface area contributed by atoms with Gasteiger partial charge in [-0.2, -0.15) is 0 Å². The fourth-order valence-electron chi connectivity index (χ4n) is 2.12. The summed E-state index contributed by atoms with van der Waals surface area (Å²) in [5.74, 6) is 1.20. The van der Waals surface area contributed by atoms with E-state index in [4.69, 9.17) is 0 Å². The van der Waals surface area contributed by atoms with E-state index in [1.54, 1.807) is 0 Å². The summed E-state index contributed by atoms with van der Waals surface area (Å²) in [5, 5.41) is 3.07. The van der Waals surface area contributed by atoms with E-state index in [2.05, 4.69) is 5.32 Å². The lowest BCUT2D eigenvalue weighted by atomic mass is 10.1. The minimum absolute atomic E-state index is 0.295. The minimum Gasteiger partial charge on any atom is -0.317 e. The van der Waals surface area contributed by atoms with E-state index in [0.29, 0.717) is 23.5 Å². The van der Waals surface area contributed by atoms with Gasteiger partial charge < -0.3 is 5.32 Å². The Morgan fingerprint density at radius 1 is 1.33 bits per heavy atom. The third-order valence-corrected chi connectivity index (χ3v) is 5.16. The normalized spacial score (nSPS) is 20.7. The first-order valence-electron chi connectivity index (χ1n) is 5.91. The van der Waals surface area contributed by atoms with Crippen molar-refractivity contribution in [3.63, 3.8) is 0 Å². The quantitative estimate of drug-likeness (QED) is 0.758. The van der Waals surface area contributed by atoms with Crippen LogP contribution in [0.15, 0.2) is 0 Å². The van der Waals surface area contributed by atoms with Crippen molar-refractivity contribution >= 4 is 9.84 Å². The topological polar surface area (TPSA) is 46.2 Å². The second-order valence-corrected chi connectivity index (χ2v) is 6.97. The standard InChI is InChI=1S/C11H23NO2S/c1-10(12-2)7-8-15(13,14)9-11-5-3-4-6-11/h10-12H,3-9H2,1-2H3. The maximum absolute atomic E-state index is 11.8. The summed E-state index contributed by atoms with van der Waals surface area (Å²) in [4.78, 5) is 0. The lowest BCUT2D eigenvalue weighted by Gasteiger charge is -2.12. The van der Waals surface area contributed by atoms with Crippen LogP contribution < -0.4 is 5.32 Å². The molecule has 1 rings (SSSR count). The van der Waals surface area contributed by atoms with Crippen molar-refractivity contribution in [2.45, 2.75) is 45.1 Å². The van der Waals surface area contributed by atoms with Crippen molar-refractivity contribution in [1.29, 1.82) is 0 Å². The lowest BCUT2D eigenvalue weighted by molar-refractivity contribution is 0.543. The Kier molecular flexibility index (Phi) is 5.06. The van der Waals surface area contributed by atoms with Gasteiger partial charge in [0.15, 0.2) is 9.84 Å². The first-order chi connectivity index (χ1) is 7.03. The number of hydrogen-bond acceptors (Lipinski definition) is 3. The highest BCUT2D eigenvalue weighted by atomic mass is 32.2. The Labute approximate surface area is 93.6 Å². The molecule has 15 heavy (non-hydrogen) atoms. The molecule has 0 aromatic carbocycles. The van der Waals surface area contributed by atoms with Gasteiger partial charge in [0.1, 0.15) is 0 Å². The first kappa shape index (κ1) is 13.0. The van der Waals surface area contributed by atoms with Gasteiger partial charge in [0.05, 0.1) is 11.5 Å². The van der Waals surface area contributed by atoms with E-state index in [-0.39, 0.29) is 0 Å². The SMILES string of the molecule is CNC(C)CCS(=O)(=O)CC1CCCC1. The van der Waals surface area contributed by atoms with E-state index in [0.717, 1.165) is 19.3 Å². The van der Waals surface area contributed by atoms with Crippen LogP contribution in [0.4, 0.5) is 0 Å². The smallest absolute Gasteiger partial charge is 0.150 e. The molecule has 1 fully saturated rings. The predicted octanol–water partition coefficient (Wildman–Crippen LogP) is 1.59. The molecule has 1 unspecified atom stereocenters. The number of sulfone groups is 1. The molecule has 0 aromatic heterocycles. The summed E-state index contributed by atoms with van der Waals surface area (Å²) in [6.07, 6.45) is 5.38. The zero-order valence-electron chi connectivity index (χ0n) is 9.83. The fraction of sp³-hybridized carbons (Fsp3) is 1.00. The van der Waals surface area contributed by atoms with Crippen LogP contribution in [0.5, 0.6) is 0 Å². The average molecular weight is 233 g/mol. The Morgan fingerprint density at radius 3 is 2.47 bits per heavy atom. The predicted molar refractivity (Wildman–Crippen MR) is 63.8 cm³/mol. The van der Waals surface area contributed by atoms with Gasteiger partial charge >= 0.3 is 0 Å². The monoisotopic (exact) mass is 233 g/mol. The van der Waals surface area contributed by atoms with Crippen LogP contribution in [0.2, 0.25) is 0 Å². The van der Waals surface area contributed by atoms with Gasteiger partial charge in [0.2, 0.25) is 0 Å². The van der Waals surface area contributed by atoms with Crippen LogP contribution in [-0.2, 0) is 9.84 Å². The Morgan fingerprint density at radius 2 is 1.93 bits per heavy atom. The molecule has 0 heterocycles.